The molecule has 1 aromatic carbocycles. The Balaban J connectivity index is 1.65. The van der Waals surface area contributed by atoms with Crippen LogP contribution in [0.15, 0.2) is 24.3 Å². The fourth-order valence-corrected chi connectivity index (χ4v) is 3.07. The van der Waals surface area contributed by atoms with E-state index < -0.39 is 5.91 Å². The normalized spacial score (nSPS) is 12.1. The van der Waals surface area contributed by atoms with E-state index in [1.54, 1.807) is 24.3 Å². The van der Waals surface area contributed by atoms with Crippen LogP contribution in [0.1, 0.15) is 30.5 Å². The van der Waals surface area contributed by atoms with Crippen LogP contribution in [0.2, 0.25) is 0 Å². The zero-order valence-corrected chi connectivity index (χ0v) is 12.9. The first-order chi connectivity index (χ1) is 10.5. The first-order valence-corrected chi connectivity index (χ1v) is 7.43. The maximum Gasteiger partial charge on any atom is 0.270 e. The highest BCUT2D eigenvalue weighted by Gasteiger charge is 2.17. The Labute approximate surface area is 131 Å². The van der Waals surface area contributed by atoms with Gasteiger partial charge in [-0.3, -0.25) is 20.4 Å². The van der Waals surface area contributed by atoms with Crippen molar-refractivity contribution in [2.45, 2.75) is 13.8 Å². The van der Waals surface area contributed by atoms with Crippen LogP contribution in [0.4, 0.5) is 0 Å². The van der Waals surface area contributed by atoms with Crippen molar-refractivity contribution in [3.63, 3.8) is 0 Å². The van der Waals surface area contributed by atoms with Crippen LogP contribution < -0.4 is 20.3 Å². The summed E-state index contributed by atoms with van der Waals surface area (Å²) in [4.78, 5) is 26.0. The van der Waals surface area contributed by atoms with Gasteiger partial charge in [0.15, 0.2) is 11.5 Å². The van der Waals surface area contributed by atoms with Gasteiger partial charge in [-0.2, -0.15) is 0 Å². The van der Waals surface area contributed by atoms with Crippen molar-refractivity contribution < 1.29 is 19.1 Å². The highest BCUT2D eigenvalue weighted by molar-refractivity contribution is 7.12. The van der Waals surface area contributed by atoms with E-state index in [2.05, 4.69) is 10.9 Å². The van der Waals surface area contributed by atoms with Gasteiger partial charge in [-0.25, -0.2) is 0 Å². The molecule has 0 saturated heterocycles. The van der Waals surface area contributed by atoms with E-state index in [0.29, 0.717) is 22.6 Å². The standard InChI is InChI=1S/C15H14N2O4S/c1-8-5-11(9(2)22-8)15(19)17-16-14(18)10-3-4-12-13(6-10)21-7-20-12/h3-6H,7H2,1-2H3,(H,16,18)(H,17,19). The van der Waals surface area contributed by atoms with Crippen molar-refractivity contribution in [2.24, 2.45) is 0 Å². The summed E-state index contributed by atoms with van der Waals surface area (Å²) in [7, 11) is 0. The summed E-state index contributed by atoms with van der Waals surface area (Å²) in [5.74, 6) is 0.362. The zero-order valence-electron chi connectivity index (χ0n) is 12.1. The van der Waals surface area contributed by atoms with Gasteiger partial charge >= 0.3 is 0 Å². The Morgan fingerprint density at radius 2 is 1.77 bits per heavy atom. The summed E-state index contributed by atoms with van der Waals surface area (Å²) < 4.78 is 10.4. The number of hydrogen-bond acceptors (Lipinski definition) is 5. The number of carbonyl (C=O) groups excluding carboxylic acids is 2. The lowest BCUT2D eigenvalue weighted by Crippen LogP contribution is -2.41. The topological polar surface area (TPSA) is 76.7 Å². The number of hydrazine groups is 1. The lowest BCUT2D eigenvalue weighted by molar-refractivity contribution is 0.0846. The number of nitrogens with one attached hydrogen (secondary N) is 2. The molecular weight excluding hydrogens is 304 g/mol. The molecule has 3 rings (SSSR count). The number of ether oxygens (including phenoxy) is 2. The van der Waals surface area contributed by atoms with Crippen LogP contribution in [-0.2, 0) is 0 Å². The number of carbonyl (C=O) groups is 2. The number of fused-ring (bicyclic) bond motifs is 1. The largest absolute Gasteiger partial charge is 0.454 e. The molecule has 2 amide bonds. The van der Waals surface area contributed by atoms with E-state index in [9.17, 15) is 9.59 Å². The lowest BCUT2D eigenvalue weighted by atomic mass is 10.2. The van der Waals surface area contributed by atoms with Crippen LogP contribution in [-0.4, -0.2) is 18.6 Å². The monoisotopic (exact) mass is 318 g/mol. The van der Waals surface area contributed by atoms with Gasteiger partial charge < -0.3 is 9.47 Å². The summed E-state index contributed by atoms with van der Waals surface area (Å²) >= 11 is 1.54. The Kier molecular flexibility index (Phi) is 3.72. The van der Waals surface area contributed by atoms with Crippen molar-refractivity contribution in [1.29, 1.82) is 0 Å². The third kappa shape index (κ3) is 2.75. The summed E-state index contributed by atoms with van der Waals surface area (Å²) in [6.07, 6.45) is 0. The highest BCUT2D eigenvalue weighted by Crippen LogP contribution is 2.32. The molecule has 2 aromatic rings. The Bertz CT molecular complexity index is 754. The summed E-state index contributed by atoms with van der Waals surface area (Å²) in [6, 6.07) is 6.63. The van der Waals surface area contributed by atoms with Gasteiger partial charge in [0, 0.05) is 15.3 Å². The van der Waals surface area contributed by atoms with Crippen LogP contribution in [0, 0.1) is 13.8 Å². The summed E-state index contributed by atoms with van der Waals surface area (Å²) in [5, 5.41) is 0. The first-order valence-electron chi connectivity index (χ1n) is 6.62. The molecule has 0 bridgehead atoms. The smallest absolute Gasteiger partial charge is 0.270 e. The minimum Gasteiger partial charge on any atom is -0.454 e. The third-order valence-electron chi connectivity index (χ3n) is 3.21. The minimum atomic E-state index is -0.420. The number of thiophene rings is 1. The molecule has 2 N–H and O–H groups in total. The molecule has 22 heavy (non-hydrogen) atoms. The third-order valence-corrected chi connectivity index (χ3v) is 4.18. The molecule has 114 valence electrons. The average Bonchev–Trinajstić information content (AvgIpc) is 3.09. The lowest BCUT2D eigenvalue weighted by Gasteiger charge is -2.07. The molecule has 1 aliphatic rings. The number of rotatable bonds is 2. The number of hydrogen-bond donors (Lipinski definition) is 2. The molecule has 0 fully saturated rings. The molecule has 2 heterocycles. The van der Waals surface area contributed by atoms with E-state index in [4.69, 9.17) is 9.47 Å². The molecule has 6 nitrogen and oxygen atoms in total. The summed E-state index contributed by atoms with van der Waals surface area (Å²) in [6.45, 7) is 3.94. The van der Waals surface area contributed by atoms with Crippen molar-refractivity contribution in [3.05, 3.63) is 45.1 Å². The molecule has 7 heteroatoms. The van der Waals surface area contributed by atoms with Gasteiger partial charge in [0.2, 0.25) is 6.79 Å². The molecule has 0 radical (unpaired) electrons. The maximum absolute atomic E-state index is 12.1. The molecule has 0 aliphatic carbocycles. The second-order valence-electron chi connectivity index (χ2n) is 4.80. The first kappa shape index (κ1) is 14.4. The van der Waals surface area contributed by atoms with Crippen LogP contribution in [0.3, 0.4) is 0 Å². The van der Waals surface area contributed by atoms with E-state index in [1.807, 2.05) is 13.8 Å². The predicted octanol–water partition coefficient (Wildman–Crippen LogP) is 2.17. The second-order valence-corrected chi connectivity index (χ2v) is 6.26. The number of aryl methyl sites for hydroxylation is 2. The Hall–Kier alpha value is -2.54. The van der Waals surface area contributed by atoms with Gasteiger partial charge in [0.25, 0.3) is 11.8 Å². The second kappa shape index (κ2) is 5.69. The van der Waals surface area contributed by atoms with Crippen LogP contribution in [0.5, 0.6) is 11.5 Å². The SMILES string of the molecule is Cc1cc(C(=O)NNC(=O)c2ccc3c(c2)OCO3)c(C)s1. The number of benzene rings is 1. The molecule has 0 spiro atoms. The highest BCUT2D eigenvalue weighted by atomic mass is 32.1. The van der Waals surface area contributed by atoms with Crippen LogP contribution in [0.25, 0.3) is 0 Å². The van der Waals surface area contributed by atoms with Crippen molar-refractivity contribution in [1.82, 2.24) is 10.9 Å². The van der Waals surface area contributed by atoms with Crippen molar-refractivity contribution >= 4 is 23.2 Å². The van der Waals surface area contributed by atoms with Gasteiger partial charge in [0.1, 0.15) is 0 Å². The van der Waals surface area contributed by atoms with Crippen LogP contribution >= 0.6 is 11.3 Å². The molecule has 0 unspecified atom stereocenters. The zero-order chi connectivity index (χ0) is 15.7. The Morgan fingerprint density at radius 3 is 2.50 bits per heavy atom. The molecule has 0 atom stereocenters. The Morgan fingerprint density at radius 1 is 1.05 bits per heavy atom. The van der Waals surface area contributed by atoms with Gasteiger partial charge in [-0.1, -0.05) is 0 Å². The maximum atomic E-state index is 12.1. The molecule has 0 saturated carbocycles. The average molecular weight is 318 g/mol. The van der Waals surface area contributed by atoms with Gasteiger partial charge in [-0.05, 0) is 38.1 Å². The quantitative estimate of drug-likeness (QED) is 0.832. The molecular formula is C15H14N2O4S. The fraction of sp³-hybridized carbons (Fsp3) is 0.200. The predicted molar refractivity (Wildman–Crippen MR) is 81.3 cm³/mol. The molecule has 1 aliphatic heterocycles. The minimum absolute atomic E-state index is 0.147. The van der Waals surface area contributed by atoms with Gasteiger partial charge in [0.05, 0.1) is 5.56 Å². The van der Waals surface area contributed by atoms with E-state index in [-0.39, 0.29) is 12.7 Å². The van der Waals surface area contributed by atoms with Crippen molar-refractivity contribution in [2.75, 3.05) is 6.79 Å². The van der Waals surface area contributed by atoms with E-state index in [1.165, 1.54) is 11.3 Å². The summed E-state index contributed by atoms with van der Waals surface area (Å²) in [5.41, 5.74) is 5.75. The van der Waals surface area contributed by atoms with Crippen molar-refractivity contribution in [3.8, 4) is 11.5 Å². The number of amides is 2. The molecule has 1 aromatic heterocycles. The van der Waals surface area contributed by atoms with E-state index in [0.717, 1.165) is 9.75 Å². The van der Waals surface area contributed by atoms with Gasteiger partial charge in [-0.15, -0.1) is 11.3 Å². The van der Waals surface area contributed by atoms with E-state index >= 15 is 0 Å². The fourth-order valence-electron chi connectivity index (χ4n) is 2.15.